The Morgan fingerprint density at radius 3 is 2.53 bits per heavy atom. The van der Waals surface area contributed by atoms with Gasteiger partial charge in [-0.2, -0.15) is 0 Å². The van der Waals surface area contributed by atoms with Crippen LogP contribution < -0.4 is 0 Å². The van der Waals surface area contributed by atoms with Crippen LogP contribution in [0.4, 0.5) is 0 Å². The third kappa shape index (κ3) is 5.07. The first-order chi connectivity index (χ1) is 7.79. The van der Waals surface area contributed by atoms with Crippen molar-refractivity contribution in [1.82, 2.24) is 4.90 Å². The van der Waals surface area contributed by atoms with Crippen LogP contribution in [0.25, 0.3) is 0 Å². The van der Waals surface area contributed by atoms with E-state index in [1.165, 1.54) is 19.3 Å². The first kappa shape index (κ1) is 14.5. The van der Waals surface area contributed by atoms with E-state index >= 15 is 0 Å². The molecule has 0 radical (unpaired) electrons. The first-order valence-corrected chi connectivity index (χ1v) is 6.76. The number of hydrogen-bond acceptors (Lipinski definition) is 3. The van der Waals surface area contributed by atoms with Crippen LogP contribution in [0.1, 0.15) is 53.9 Å². The first-order valence-electron chi connectivity index (χ1n) is 6.76. The van der Waals surface area contributed by atoms with Crippen molar-refractivity contribution in [3.8, 4) is 0 Å². The summed E-state index contributed by atoms with van der Waals surface area (Å²) in [6.07, 6.45) is 3.65. The standard InChI is InChI=1S/C14H27NO2/c1-11-7-6-9-15(10-8-11)12(2)13(16)17-14(3,4)5/h11-12H,6-10H2,1-5H3. The van der Waals surface area contributed by atoms with E-state index < -0.39 is 0 Å². The lowest BCUT2D eigenvalue weighted by molar-refractivity contribution is -0.160. The quantitative estimate of drug-likeness (QED) is 0.696. The molecule has 0 saturated carbocycles. The molecule has 1 fully saturated rings. The van der Waals surface area contributed by atoms with Gasteiger partial charge >= 0.3 is 5.97 Å². The average Bonchev–Trinajstić information content (AvgIpc) is 2.39. The topological polar surface area (TPSA) is 29.5 Å². The largest absolute Gasteiger partial charge is 0.459 e. The minimum absolute atomic E-state index is 0.0907. The van der Waals surface area contributed by atoms with Gasteiger partial charge in [-0.1, -0.05) is 6.92 Å². The molecule has 17 heavy (non-hydrogen) atoms. The predicted octanol–water partition coefficient (Wildman–Crippen LogP) is 2.84. The molecule has 0 aromatic carbocycles. The summed E-state index contributed by atoms with van der Waals surface area (Å²) < 4.78 is 5.44. The van der Waals surface area contributed by atoms with Crippen molar-refractivity contribution in [1.29, 1.82) is 0 Å². The molecule has 0 spiro atoms. The van der Waals surface area contributed by atoms with Gasteiger partial charge in [-0.3, -0.25) is 9.69 Å². The van der Waals surface area contributed by atoms with Crippen molar-refractivity contribution in [3.05, 3.63) is 0 Å². The van der Waals surface area contributed by atoms with E-state index in [1.807, 2.05) is 27.7 Å². The smallest absolute Gasteiger partial charge is 0.323 e. The molecule has 2 atom stereocenters. The summed E-state index contributed by atoms with van der Waals surface area (Å²) in [6.45, 7) is 12.0. The minimum Gasteiger partial charge on any atom is -0.459 e. The molecule has 3 heteroatoms. The summed E-state index contributed by atoms with van der Waals surface area (Å²) in [5, 5.41) is 0. The fourth-order valence-electron chi connectivity index (χ4n) is 2.21. The molecule has 1 heterocycles. The highest BCUT2D eigenvalue weighted by Crippen LogP contribution is 2.19. The molecule has 0 N–H and O–H groups in total. The molecule has 0 aromatic heterocycles. The third-order valence-electron chi connectivity index (χ3n) is 3.35. The third-order valence-corrected chi connectivity index (χ3v) is 3.35. The van der Waals surface area contributed by atoms with E-state index in [0.29, 0.717) is 0 Å². The maximum Gasteiger partial charge on any atom is 0.323 e. The summed E-state index contributed by atoms with van der Waals surface area (Å²) in [6, 6.07) is -0.112. The van der Waals surface area contributed by atoms with Gasteiger partial charge < -0.3 is 4.74 Å². The van der Waals surface area contributed by atoms with Crippen molar-refractivity contribution in [2.24, 2.45) is 5.92 Å². The fraction of sp³-hybridized carbons (Fsp3) is 0.929. The molecule has 0 bridgehead atoms. The van der Waals surface area contributed by atoms with Crippen LogP contribution in [-0.2, 0) is 9.53 Å². The van der Waals surface area contributed by atoms with E-state index in [1.54, 1.807) is 0 Å². The number of nitrogens with zero attached hydrogens (tertiary/aromatic N) is 1. The van der Waals surface area contributed by atoms with Crippen molar-refractivity contribution in [3.63, 3.8) is 0 Å². The van der Waals surface area contributed by atoms with Gasteiger partial charge in [0.15, 0.2) is 0 Å². The molecular weight excluding hydrogens is 214 g/mol. The molecule has 0 aromatic rings. The molecule has 100 valence electrons. The zero-order valence-corrected chi connectivity index (χ0v) is 12.0. The molecular formula is C14H27NO2. The summed E-state index contributed by atoms with van der Waals surface area (Å²) in [5.41, 5.74) is -0.384. The second-order valence-corrected chi connectivity index (χ2v) is 6.28. The molecule has 1 aliphatic heterocycles. The van der Waals surface area contributed by atoms with Crippen molar-refractivity contribution in [2.45, 2.75) is 65.5 Å². The SMILES string of the molecule is CC1CCCN(C(C)C(=O)OC(C)(C)C)CC1. The zero-order chi connectivity index (χ0) is 13.1. The monoisotopic (exact) mass is 241 g/mol. The number of carbonyl (C=O) groups is 1. The molecule has 0 amide bonds. The number of hydrogen-bond donors (Lipinski definition) is 0. The lowest BCUT2D eigenvalue weighted by Crippen LogP contribution is -2.43. The Labute approximate surface area is 106 Å². The Hall–Kier alpha value is -0.570. The van der Waals surface area contributed by atoms with Gasteiger partial charge in [-0.05, 0) is 66.0 Å². The van der Waals surface area contributed by atoms with Gasteiger partial charge in [0.05, 0.1) is 0 Å². The molecule has 0 aliphatic carbocycles. The van der Waals surface area contributed by atoms with Gasteiger partial charge in [0, 0.05) is 0 Å². The summed E-state index contributed by atoms with van der Waals surface area (Å²) in [4.78, 5) is 14.2. The number of esters is 1. The maximum atomic E-state index is 12.0. The van der Waals surface area contributed by atoms with Crippen molar-refractivity contribution >= 4 is 5.97 Å². The summed E-state index contributed by atoms with van der Waals surface area (Å²) in [5.74, 6) is 0.692. The second-order valence-electron chi connectivity index (χ2n) is 6.28. The van der Waals surface area contributed by atoms with Crippen LogP contribution in [0.2, 0.25) is 0 Å². The van der Waals surface area contributed by atoms with Gasteiger partial charge in [0.2, 0.25) is 0 Å². The minimum atomic E-state index is -0.384. The number of ether oxygens (including phenoxy) is 1. The van der Waals surface area contributed by atoms with Crippen LogP contribution in [0.15, 0.2) is 0 Å². The van der Waals surface area contributed by atoms with Gasteiger partial charge in [-0.15, -0.1) is 0 Å². The molecule has 3 nitrogen and oxygen atoms in total. The van der Waals surface area contributed by atoms with E-state index in [0.717, 1.165) is 19.0 Å². The lowest BCUT2D eigenvalue weighted by atomic mass is 10.0. The Balaban J connectivity index is 2.51. The number of likely N-dealkylation sites (tertiary alicyclic amines) is 1. The van der Waals surface area contributed by atoms with Crippen LogP contribution in [-0.4, -0.2) is 35.6 Å². The fourth-order valence-corrected chi connectivity index (χ4v) is 2.21. The van der Waals surface area contributed by atoms with Crippen molar-refractivity contribution < 1.29 is 9.53 Å². The van der Waals surface area contributed by atoms with Gasteiger partial charge in [0.25, 0.3) is 0 Å². The second kappa shape index (κ2) is 5.85. The van der Waals surface area contributed by atoms with E-state index in [9.17, 15) is 4.79 Å². The molecule has 1 rings (SSSR count). The van der Waals surface area contributed by atoms with E-state index in [4.69, 9.17) is 4.74 Å². The Morgan fingerprint density at radius 2 is 1.94 bits per heavy atom. The van der Waals surface area contributed by atoms with Gasteiger partial charge in [-0.25, -0.2) is 0 Å². The summed E-state index contributed by atoms with van der Waals surface area (Å²) >= 11 is 0. The van der Waals surface area contributed by atoms with Crippen LogP contribution in [0.3, 0.4) is 0 Å². The van der Waals surface area contributed by atoms with Crippen LogP contribution >= 0.6 is 0 Å². The summed E-state index contributed by atoms with van der Waals surface area (Å²) in [7, 11) is 0. The Morgan fingerprint density at radius 1 is 1.29 bits per heavy atom. The molecule has 2 unspecified atom stereocenters. The van der Waals surface area contributed by atoms with E-state index in [2.05, 4.69) is 11.8 Å². The highest BCUT2D eigenvalue weighted by Gasteiger charge is 2.27. The highest BCUT2D eigenvalue weighted by molar-refractivity contribution is 5.75. The van der Waals surface area contributed by atoms with Crippen LogP contribution in [0.5, 0.6) is 0 Å². The Bertz CT molecular complexity index is 257. The Kier molecular flexibility index (Phi) is 4.99. The zero-order valence-electron chi connectivity index (χ0n) is 12.0. The molecule has 1 saturated heterocycles. The highest BCUT2D eigenvalue weighted by atomic mass is 16.6. The molecule has 1 aliphatic rings. The van der Waals surface area contributed by atoms with Crippen LogP contribution in [0, 0.1) is 5.92 Å². The predicted molar refractivity (Wildman–Crippen MR) is 69.9 cm³/mol. The number of rotatable bonds is 2. The van der Waals surface area contributed by atoms with Gasteiger partial charge in [0.1, 0.15) is 11.6 Å². The maximum absolute atomic E-state index is 12.0. The van der Waals surface area contributed by atoms with E-state index in [-0.39, 0.29) is 17.6 Å². The number of carbonyl (C=O) groups excluding carboxylic acids is 1. The van der Waals surface area contributed by atoms with Crippen molar-refractivity contribution in [2.75, 3.05) is 13.1 Å². The normalized spacial score (nSPS) is 25.1. The lowest BCUT2D eigenvalue weighted by Gasteiger charge is -2.29. The average molecular weight is 241 g/mol.